The summed E-state index contributed by atoms with van der Waals surface area (Å²) in [5.41, 5.74) is 21.0. The highest BCUT2D eigenvalue weighted by atomic mass is 15.1. The molecule has 0 unspecified atom stereocenters. The van der Waals surface area contributed by atoms with Gasteiger partial charge < -0.3 is 9.47 Å². The van der Waals surface area contributed by atoms with Crippen LogP contribution in [0.4, 0.5) is 17.1 Å². The van der Waals surface area contributed by atoms with Crippen molar-refractivity contribution in [1.82, 2.24) is 4.57 Å². The van der Waals surface area contributed by atoms with Gasteiger partial charge in [-0.15, -0.1) is 0 Å². The molecule has 0 saturated carbocycles. The summed E-state index contributed by atoms with van der Waals surface area (Å²) in [6, 6.07) is 102. The molecule has 1 aliphatic carbocycles. The van der Waals surface area contributed by atoms with Gasteiger partial charge in [-0.05, 0) is 116 Å². The maximum absolute atomic E-state index is 2.46. The molecule has 324 valence electrons. The van der Waals surface area contributed by atoms with E-state index >= 15 is 0 Å². The van der Waals surface area contributed by atoms with E-state index < -0.39 is 5.41 Å². The second-order valence-corrected chi connectivity index (χ2v) is 18.0. The van der Waals surface area contributed by atoms with Crippen molar-refractivity contribution in [3.8, 4) is 50.2 Å². The fraction of sp³-hybridized carbons (Fsp3) is 0.0149. The van der Waals surface area contributed by atoms with Crippen molar-refractivity contribution >= 4 is 38.9 Å². The van der Waals surface area contributed by atoms with Crippen LogP contribution in [-0.2, 0) is 5.41 Å². The summed E-state index contributed by atoms with van der Waals surface area (Å²) in [6.07, 6.45) is 0. The number of rotatable bonds is 9. The summed E-state index contributed by atoms with van der Waals surface area (Å²) < 4.78 is 2.43. The summed E-state index contributed by atoms with van der Waals surface area (Å²) in [5, 5.41) is 2.48. The lowest BCUT2D eigenvalue weighted by atomic mass is 9.68. The van der Waals surface area contributed by atoms with Gasteiger partial charge in [0.05, 0.1) is 22.1 Å². The van der Waals surface area contributed by atoms with Gasteiger partial charge in [0, 0.05) is 33.4 Å². The molecule has 0 radical (unpaired) electrons. The van der Waals surface area contributed by atoms with E-state index in [1.165, 1.54) is 88.6 Å². The number of hydrogen-bond acceptors (Lipinski definition) is 1. The highest BCUT2D eigenvalue weighted by Crippen LogP contribution is 2.59. The fourth-order valence-corrected chi connectivity index (χ4v) is 11.3. The second-order valence-electron chi connectivity index (χ2n) is 18.0. The van der Waals surface area contributed by atoms with Crippen LogP contribution in [0.25, 0.3) is 72.0 Å². The van der Waals surface area contributed by atoms with Crippen molar-refractivity contribution in [3.05, 3.63) is 301 Å². The third kappa shape index (κ3) is 6.56. The average Bonchev–Trinajstić information content (AvgIpc) is 3.94. The molecule has 0 fully saturated rings. The Hall–Kier alpha value is -8.98. The maximum atomic E-state index is 2.46. The Labute approximate surface area is 403 Å². The van der Waals surface area contributed by atoms with Gasteiger partial charge in [-0.25, -0.2) is 0 Å². The van der Waals surface area contributed by atoms with Gasteiger partial charge >= 0.3 is 0 Å². The van der Waals surface area contributed by atoms with Crippen LogP contribution >= 0.6 is 0 Å². The van der Waals surface area contributed by atoms with Crippen LogP contribution in [0.2, 0.25) is 0 Å². The summed E-state index contributed by atoms with van der Waals surface area (Å²) in [4.78, 5) is 2.46. The van der Waals surface area contributed by atoms with Gasteiger partial charge in [0.2, 0.25) is 0 Å². The van der Waals surface area contributed by atoms with E-state index in [1.54, 1.807) is 0 Å². The van der Waals surface area contributed by atoms with Crippen LogP contribution in [0, 0.1) is 0 Å². The molecule has 0 aliphatic heterocycles. The Morgan fingerprint density at radius 3 is 1.48 bits per heavy atom. The van der Waals surface area contributed by atoms with E-state index in [2.05, 4.69) is 289 Å². The lowest BCUT2D eigenvalue weighted by molar-refractivity contribution is 0.768. The lowest BCUT2D eigenvalue weighted by Gasteiger charge is -2.34. The molecule has 2 nitrogen and oxygen atoms in total. The highest BCUT2D eigenvalue weighted by Gasteiger charge is 2.47. The number of benzene rings is 11. The largest absolute Gasteiger partial charge is 0.310 e. The van der Waals surface area contributed by atoms with Crippen LogP contribution in [-0.4, -0.2) is 4.57 Å². The van der Waals surface area contributed by atoms with Gasteiger partial charge in [-0.1, -0.05) is 224 Å². The van der Waals surface area contributed by atoms with E-state index in [1.807, 2.05) is 0 Å². The first-order valence-electron chi connectivity index (χ1n) is 23.8. The first-order valence-corrected chi connectivity index (χ1v) is 23.8. The van der Waals surface area contributed by atoms with Crippen molar-refractivity contribution in [2.45, 2.75) is 5.41 Å². The zero-order valence-electron chi connectivity index (χ0n) is 38.0. The lowest BCUT2D eigenvalue weighted by Crippen LogP contribution is -2.28. The van der Waals surface area contributed by atoms with Crippen molar-refractivity contribution in [2.75, 3.05) is 4.90 Å². The summed E-state index contributed by atoms with van der Waals surface area (Å²) in [5.74, 6) is 0. The minimum atomic E-state index is -0.516. The monoisotopic (exact) mass is 878 g/mol. The molecule has 13 rings (SSSR count). The van der Waals surface area contributed by atoms with E-state index in [0.29, 0.717) is 0 Å². The Balaban J connectivity index is 0.991. The van der Waals surface area contributed by atoms with Crippen LogP contribution in [0.15, 0.2) is 279 Å². The van der Waals surface area contributed by atoms with E-state index in [0.717, 1.165) is 22.7 Å². The van der Waals surface area contributed by atoms with Gasteiger partial charge in [-0.3, -0.25) is 0 Å². The zero-order chi connectivity index (χ0) is 45.7. The number of para-hydroxylation sites is 1. The Morgan fingerprint density at radius 2 is 0.797 bits per heavy atom. The number of fused-ring (bicyclic) bond motifs is 6. The SMILES string of the molecule is c1ccc(-c2ccc(N(c3ccc(-c4cccc5c4c4ccccc4n5-c4cccc(-c5ccccc5)c4)cc3)c3cccc4c3-c3ccccc3C4(c3ccccc3)c3ccccc3)cc2)cc1. The Morgan fingerprint density at radius 1 is 0.319 bits per heavy atom. The van der Waals surface area contributed by atoms with Crippen molar-refractivity contribution in [3.63, 3.8) is 0 Å². The number of anilines is 3. The van der Waals surface area contributed by atoms with Gasteiger partial charge in [-0.2, -0.15) is 0 Å². The van der Waals surface area contributed by atoms with Crippen molar-refractivity contribution in [1.29, 1.82) is 0 Å². The summed E-state index contributed by atoms with van der Waals surface area (Å²) >= 11 is 0. The quantitative estimate of drug-likeness (QED) is 0.140. The molecule has 2 heteroatoms. The number of nitrogens with zero attached hydrogens (tertiary/aromatic N) is 2. The molecule has 1 aliphatic rings. The van der Waals surface area contributed by atoms with Crippen LogP contribution in [0.3, 0.4) is 0 Å². The molecule has 0 amide bonds. The minimum absolute atomic E-state index is 0.516. The van der Waals surface area contributed by atoms with Crippen molar-refractivity contribution < 1.29 is 0 Å². The minimum Gasteiger partial charge on any atom is -0.310 e. The molecule has 11 aromatic carbocycles. The van der Waals surface area contributed by atoms with Crippen LogP contribution in [0.5, 0.6) is 0 Å². The highest BCUT2D eigenvalue weighted by molar-refractivity contribution is 6.16. The molecule has 1 heterocycles. The first-order chi connectivity index (χ1) is 34.3. The third-order valence-corrected chi connectivity index (χ3v) is 14.3. The Bertz CT molecular complexity index is 3760. The normalized spacial score (nSPS) is 12.5. The molecule has 69 heavy (non-hydrogen) atoms. The van der Waals surface area contributed by atoms with E-state index in [4.69, 9.17) is 0 Å². The molecule has 0 bridgehead atoms. The van der Waals surface area contributed by atoms with Gasteiger partial charge in [0.1, 0.15) is 0 Å². The Kier molecular flexibility index (Phi) is 9.77. The van der Waals surface area contributed by atoms with Gasteiger partial charge in [0.25, 0.3) is 0 Å². The maximum Gasteiger partial charge on any atom is 0.0714 e. The molecule has 0 N–H and O–H groups in total. The van der Waals surface area contributed by atoms with Crippen LogP contribution < -0.4 is 4.90 Å². The molecular weight excluding hydrogens is 833 g/mol. The third-order valence-electron chi connectivity index (χ3n) is 14.3. The number of hydrogen-bond donors (Lipinski definition) is 0. The standard InChI is InChI=1S/C67H46N2/c1-5-20-47(21-6-1)49-38-42-54(43-39-49)68(64-37-19-34-61-66(64)58-30-13-15-33-60(58)67(61,52-25-9-3-10-26-52)53-27-11-4-12-28-53)55-44-40-50(41-45-55)57-32-18-36-63-65(57)59-31-14-16-35-62(59)69(63)56-29-17-24-51(46-56)48-22-7-2-8-23-48/h1-46H. The molecular formula is C67H46N2. The second kappa shape index (κ2) is 16.7. The van der Waals surface area contributed by atoms with E-state index in [-0.39, 0.29) is 0 Å². The smallest absolute Gasteiger partial charge is 0.0714 e. The zero-order valence-corrected chi connectivity index (χ0v) is 38.0. The fourth-order valence-electron chi connectivity index (χ4n) is 11.3. The number of aromatic nitrogens is 1. The molecule has 0 spiro atoms. The van der Waals surface area contributed by atoms with Crippen LogP contribution in [0.1, 0.15) is 22.3 Å². The van der Waals surface area contributed by atoms with Crippen molar-refractivity contribution in [2.24, 2.45) is 0 Å². The molecule has 0 atom stereocenters. The average molecular weight is 879 g/mol. The first kappa shape index (κ1) is 40.3. The summed E-state index contributed by atoms with van der Waals surface area (Å²) in [6.45, 7) is 0. The predicted octanol–water partition coefficient (Wildman–Crippen LogP) is 17.6. The topological polar surface area (TPSA) is 8.17 Å². The predicted molar refractivity (Wildman–Crippen MR) is 289 cm³/mol. The molecule has 0 saturated heterocycles. The van der Waals surface area contributed by atoms with E-state index in [9.17, 15) is 0 Å². The van der Waals surface area contributed by atoms with Gasteiger partial charge in [0.15, 0.2) is 0 Å². The molecule has 12 aromatic rings. The summed E-state index contributed by atoms with van der Waals surface area (Å²) in [7, 11) is 0. The molecule has 1 aromatic heterocycles.